The van der Waals surface area contributed by atoms with Gasteiger partial charge < -0.3 is 4.90 Å². The molecular weight excluding hydrogens is 330 g/mol. The number of hydrogen-bond acceptors (Lipinski definition) is 7. The van der Waals surface area contributed by atoms with Gasteiger partial charge in [0.1, 0.15) is 17.7 Å². The van der Waals surface area contributed by atoms with Crippen molar-refractivity contribution in [2.45, 2.75) is 19.2 Å². The summed E-state index contributed by atoms with van der Waals surface area (Å²) in [5, 5.41) is 1.91. The number of carbonyl (C=O) groups excluding carboxylic acids is 1. The molecule has 10 heteroatoms. The highest BCUT2D eigenvalue weighted by Crippen LogP contribution is 2.40. The smallest absolute Gasteiger partial charge is 0.314 e. The Balaban J connectivity index is 1.81. The highest BCUT2D eigenvalue weighted by molar-refractivity contribution is 7.85. The van der Waals surface area contributed by atoms with Crippen molar-refractivity contribution >= 4 is 27.5 Å². The largest absolute Gasteiger partial charge is 0.345 e. The van der Waals surface area contributed by atoms with Crippen LogP contribution < -0.4 is 0 Å². The second-order valence-electron chi connectivity index (χ2n) is 4.97. The third-order valence-electron chi connectivity index (χ3n) is 3.28. The fraction of sp³-hybridized carbons (Fsp3) is 0.500. The summed E-state index contributed by atoms with van der Waals surface area (Å²) in [6, 6.07) is -0.410. The molecule has 0 N–H and O–H groups in total. The number of nitrogens with zero attached hydrogens (tertiary/aromatic N) is 3. The summed E-state index contributed by atoms with van der Waals surface area (Å²) >= 11 is 1.35. The maximum absolute atomic E-state index is 12.2. The van der Waals surface area contributed by atoms with Crippen LogP contribution in [0.2, 0.25) is 0 Å². The van der Waals surface area contributed by atoms with Gasteiger partial charge in [-0.2, -0.15) is 13.5 Å². The lowest BCUT2D eigenvalue weighted by atomic mass is 10.1. The van der Waals surface area contributed by atoms with E-state index in [1.807, 2.05) is 0 Å². The van der Waals surface area contributed by atoms with E-state index in [1.165, 1.54) is 16.4 Å². The Bertz CT molecular complexity index is 714. The number of amides is 2. The van der Waals surface area contributed by atoms with Crippen molar-refractivity contribution in [2.75, 3.05) is 19.4 Å². The molecule has 0 radical (unpaired) electrons. The summed E-state index contributed by atoms with van der Waals surface area (Å²) in [5.74, 6) is 0. The van der Waals surface area contributed by atoms with E-state index in [2.05, 4.69) is 11.6 Å². The minimum absolute atomic E-state index is 0.0926. The van der Waals surface area contributed by atoms with Crippen LogP contribution in [0.5, 0.6) is 0 Å². The average molecular weight is 345 g/mol. The Hall–Kier alpha value is -1.49. The molecule has 1 aromatic heterocycles. The molecule has 2 aliphatic heterocycles. The van der Waals surface area contributed by atoms with Gasteiger partial charge >= 0.3 is 6.03 Å². The lowest BCUT2D eigenvalue weighted by Gasteiger charge is -2.21. The molecule has 0 aromatic carbocycles. The van der Waals surface area contributed by atoms with E-state index < -0.39 is 10.1 Å². The van der Waals surface area contributed by atoms with Crippen LogP contribution in [0.4, 0.5) is 4.79 Å². The second-order valence-corrected chi connectivity index (χ2v) is 7.73. The summed E-state index contributed by atoms with van der Waals surface area (Å²) in [6.45, 7) is 4.66. The van der Waals surface area contributed by atoms with Crippen molar-refractivity contribution in [3.05, 3.63) is 28.2 Å². The number of rotatable bonds is 6. The number of carbonyl (C=O) groups is 1. The molecule has 1 atom stereocenters. The molecule has 3 rings (SSSR count). The highest BCUT2D eigenvalue weighted by Gasteiger charge is 2.45. The average Bonchev–Trinajstić information content (AvgIpc) is 2.97. The summed E-state index contributed by atoms with van der Waals surface area (Å²) in [6.07, 6.45) is 2.57. The van der Waals surface area contributed by atoms with Crippen LogP contribution in [0.15, 0.2) is 12.7 Å². The molecule has 1 aromatic rings. The first-order valence-electron chi connectivity index (χ1n) is 6.54. The van der Waals surface area contributed by atoms with E-state index in [0.29, 0.717) is 18.1 Å². The summed E-state index contributed by atoms with van der Waals surface area (Å²) in [4.78, 5) is 24.5. The second kappa shape index (κ2) is 5.61. The van der Waals surface area contributed by atoms with Gasteiger partial charge in [0.05, 0.1) is 36.5 Å². The highest BCUT2D eigenvalue weighted by atomic mass is 32.2. The van der Waals surface area contributed by atoms with Crippen molar-refractivity contribution in [3.8, 4) is 0 Å². The Morgan fingerprint density at radius 1 is 1.55 bits per heavy atom. The van der Waals surface area contributed by atoms with Crippen molar-refractivity contribution in [1.82, 2.24) is 14.9 Å². The fourth-order valence-electron chi connectivity index (χ4n) is 2.42. The van der Waals surface area contributed by atoms with E-state index in [-0.39, 0.29) is 25.3 Å². The van der Waals surface area contributed by atoms with E-state index in [1.54, 1.807) is 11.0 Å². The molecular formula is C12H15N3O5S2. The molecule has 1 fully saturated rings. The number of fused-ring (bicyclic) bond motifs is 4. The predicted molar refractivity (Wildman–Crippen MR) is 78.3 cm³/mol. The topological polar surface area (TPSA) is 89.0 Å². The molecule has 8 nitrogen and oxygen atoms in total. The van der Waals surface area contributed by atoms with Crippen LogP contribution in [0.3, 0.4) is 0 Å². The number of hydroxylamine groups is 2. The van der Waals surface area contributed by atoms with Gasteiger partial charge in [0, 0.05) is 0 Å². The molecule has 120 valence electrons. The molecule has 1 saturated heterocycles. The summed E-state index contributed by atoms with van der Waals surface area (Å²) in [5.41, 5.74) is 0.770. The maximum atomic E-state index is 12.2. The molecule has 22 heavy (non-hydrogen) atoms. The monoisotopic (exact) mass is 345 g/mol. The maximum Gasteiger partial charge on any atom is 0.345 e. The number of urea groups is 1. The molecule has 2 amide bonds. The molecule has 0 spiro atoms. The van der Waals surface area contributed by atoms with Gasteiger partial charge in [0.25, 0.3) is 10.1 Å². The molecule has 0 saturated carbocycles. The number of aromatic nitrogens is 1. The van der Waals surface area contributed by atoms with E-state index in [0.717, 1.165) is 16.8 Å². The van der Waals surface area contributed by atoms with Crippen LogP contribution in [-0.4, -0.2) is 48.8 Å². The zero-order valence-electron chi connectivity index (χ0n) is 11.9. The molecule has 3 heterocycles. The lowest BCUT2D eigenvalue weighted by Crippen LogP contribution is -2.30. The van der Waals surface area contributed by atoms with Crippen LogP contribution in [-0.2, 0) is 32.3 Å². The standard InChI is InChI=1S/C12H15N3O5S2/c1-3-4-19-15-9-6-14(12(15)16)5-8-11(9)21-10(13-8)7-20-22(2,17)18/h3,9H,1,4-7H2,2H3. The number of thiazole rings is 1. The third kappa shape index (κ3) is 2.86. The number of hydrogen-bond donors (Lipinski definition) is 0. The quantitative estimate of drug-likeness (QED) is 0.565. The zero-order chi connectivity index (χ0) is 15.9. The van der Waals surface area contributed by atoms with Crippen molar-refractivity contribution in [2.24, 2.45) is 0 Å². The van der Waals surface area contributed by atoms with Crippen LogP contribution in [0, 0.1) is 0 Å². The van der Waals surface area contributed by atoms with Gasteiger partial charge in [-0.15, -0.1) is 17.9 Å². The third-order valence-corrected chi connectivity index (χ3v) is 5.00. The summed E-state index contributed by atoms with van der Waals surface area (Å²) in [7, 11) is -3.51. The molecule has 0 aliphatic carbocycles. The van der Waals surface area contributed by atoms with Crippen molar-refractivity contribution in [3.63, 3.8) is 0 Å². The predicted octanol–water partition coefficient (Wildman–Crippen LogP) is 1.03. The Morgan fingerprint density at radius 3 is 3.00 bits per heavy atom. The Morgan fingerprint density at radius 2 is 2.32 bits per heavy atom. The minimum atomic E-state index is -3.51. The van der Waals surface area contributed by atoms with Gasteiger partial charge in [-0.05, 0) is 0 Å². The van der Waals surface area contributed by atoms with Gasteiger partial charge in [0.15, 0.2) is 0 Å². The minimum Gasteiger partial charge on any atom is -0.314 e. The lowest BCUT2D eigenvalue weighted by molar-refractivity contribution is -0.118. The molecule has 1 unspecified atom stereocenters. The van der Waals surface area contributed by atoms with Crippen LogP contribution >= 0.6 is 11.3 Å². The first-order valence-corrected chi connectivity index (χ1v) is 9.17. The van der Waals surface area contributed by atoms with Gasteiger partial charge in [-0.3, -0.25) is 9.02 Å². The first-order chi connectivity index (χ1) is 10.4. The van der Waals surface area contributed by atoms with Crippen molar-refractivity contribution in [1.29, 1.82) is 0 Å². The van der Waals surface area contributed by atoms with E-state index in [4.69, 9.17) is 9.02 Å². The van der Waals surface area contributed by atoms with Gasteiger partial charge in [-0.1, -0.05) is 6.08 Å². The normalized spacial score (nSPS) is 20.4. The fourth-order valence-corrected chi connectivity index (χ4v) is 3.88. The van der Waals surface area contributed by atoms with Crippen LogP contribution in [0.1, 0.15) is 21.6 Å². The SMILES string of the molecule is C=CCON1C(=O)N2Cc3nc(COS(C)(=O)=O)sc3C1C2. The van der Waals surface area contributed by atoms with Gasteiger partial charge in [-0.25, -0.2) is 9.78 Å². The van der Waals surface area contributed by atoms with Crippen molar-refractivity contribution < 1.29 is 22.2 Å². The Kier molecular flexibility index (Phi) is 3.93. The van der Waals surface area contributed by atoms with Crippen LogP contribution in [0.25, 0.3) is 0 Å². The Labute approximate surface area is 132 Å². The first kappa shape index (κ1) is 15.4. The zero-order valence-corrected chi connectivity index (χ0v) is 13.5. The summed E-state index contributed by atoms with van der Waals surface area (Å²) < 4.78 is 26.9. The van der Waals surface area contributed by atoms with E-state index >= 15 is 0 Å². The van der Waals surface area contributed by atoms with E-state index in [9.17, 15) is 13.2 Å². The molecule has 2 aliphatic rings. The molecule has 2 bridgehead atoms. The van der Waals surface area contributed by atoms with Gasteiger partial charge in [0.2, 0.25) is 0 Å².